The number of rotatable bonds is 8. The van der Waals surface area contributed by atoms with Crippen LogP contribution >= 0.6 is 0 Å². The molecule has 2 aromatic heterocycles. The number of aromatic nitrogens is 2. The molecule has 0 aromatic carbocycles. The number of carbonyl (C=O) groups excluding carboxylic acids is 2. The van der Waals surface area contributed by atoms with E-state index in [0.29, 0.717) is 48.6 Å². The smallest absolute Gasteiger partial charge is 0.256 e. The van der Waals surface area contributed by atoms with Crippen molar-refractivity contribution in [3.05, 3.63) is 53.0 Å². The number of aliphatic hydroxyl groups excluding tert-OH is 1. The zero-order valence-electron chi connectivity index (χ0n) is 16.0. The molecule has 0 bridgehead atoms. The molecule has 2 amide bonds. The Morgan fingerprint density at radius 1 is 1.43 bits per heavy atom. The highest BCUT2D eigenvalue weighted by atomic mass is 16.5. The molecule has 8 heteroatoms. The van der Waals surface area contributed by atoms with Crippen molar-refractivity contribution in [1.82, 2.24) is 20.2 Å². The van der Waals surface area contributed by atoms with Crippen molar-refractivity contribution in [2.24, 2.45) is 0 Å². The van der Waals surface area contributed by atoms with E-state index in [9.17, 15) is 14.7 Å². The number of nitrogens with zero attached hydrogens (tertiary/aromatic N) is 3. The molecule has 0 saturated heterocycles. The van der Waals surface area contributed by atoms with Gasteiger partial charge in [-0.2, -0.15) is 0 Å². The topological polar surface area (TPSA) is 105 Å². The van der Waals surface area contributed by atoms with Crippen LogP contribution in [0.25, 0.3) is 0 Å². The van der Waals surface area contributed by atoms with Crippen LogP contribution in [0.15, 0.2) is 30.5 Å². The van der Waals surface area contributed by atoms with E-state index in [1.54, 1.807) is 24.1 Å². The molecule has 0 fully saturated rings. The zero-order chi connectivity index (χ0) is 20.1. The monoisotopic (exact) mass is 384 g/mol. The molecule has 0 radical (unpaired) electrons. The number of hydrogen-bond acceptors (Lipinski definition) is 6. The molecule has 1 aliphatic heterocycles. The number of amides is 2. The Morgan fingerprint density at radius 3 is 2.93 bits per heavy atom. The van der Waals surface area contributed by atoms with Gasteiger partial charge >= 0.3 is 0 Å². The molecule has 0 unspecified atom stereocenters. The van der Waals surface area contributed by atoms with E-state index in [2.05, 4.69) is 15.3 Å². The van der Waals surface area contributed by atoms with Gasteiger partial charge in [0.05, 0.1) is 24.9 Å². The molecule has 0 spiro atoms. The van der Waals surface area contributed by atoms with Crippen molar-refractivity contribution < 1.29 is 19.4 Å². The van der Waals surface area contributed by atoms with Gasteiger partial charge in [0.1, 0.15) is 6.10 Å². The maximum absolute atomic E-state index is 12.8. The molecule has 8 nitrogen and oxygen atoms in total. The van der Waals surface area contributed by atoms with Crippen LogP contribution in [0.3, 0.4) is 0 Å². The number of hydrogen-bond donors (Lipinski definition) is 2. The predicted octanol–water partition coefficient (Wildman–Crippen LogP) is 1.07. The number of carbonyl (C=O) groups is 2. The summed E-state index contributed by atoms with van der Waals surface area (Å²) in [6, 6.07) is 7.42. The maximum Gasteiger partial charge on any atom is 0.256 e. The average molecular weight is 384 g/mol. The minimum Gasteiger partial charge on any atom is -0.481 e. The Bertz CT molecular complexity index is 857. The quantitative estimate of drug-likeness (QED) is 0.705. The molecule has 2 aromatic rings. The summed E-state index contributed by atoms with van der Waals surface area (Å²) in [7, 11) is 1.50. The minimum atomic E-state index is -1.06. The van der Waals surface area contributed by atoms with Crippen molar-refractivity contribution in [1.29, 1.82) is 0 Å². The number of nitrogens with one attached hydrogen (secondary N) is 1. The Hall–Kier alpha value is -3.00. The molecule has 0 aliphatic carbocycles. The van der Waals surface area contributed by atoms with E-state index in [1.807, 2.05) is 18.2 Å². The summed E-state index contributed by atoms with van der Waals surface area (Å²) in [4.78, 5) is 35.0. The Balaban J connectivity index is 1.71. The first kappa shape index (κ1) is 19.8. The van der Waals surface area contributed by atoms with Crippen molar-refractivity contribution in [3.63, 3.8) is 0 Å². The summed E-state index contributed by atoms with van der Waals surface area (Å²) in [5.41, 5.74) is 2.70. The second kappa shape index (κ2) is 8.79. The average Bonchev–Trinajstić information content (AvgIpc) is 3.04. The second-order valence-corrected chi connectivity index (χ2v) is 6.59. The predicted molar refractivity (Wildman–Crippen MR) is 102 cm³/mol. The zero-order valence-corrected chi connectivity index (χ0v) is 16.0. The maximum atomic E-state index is 12.8. The van der Waals surface area contributed by atoms with Gasteiger partial charge in [-0.25, -0.2) is 4.98 Å². The molecule has 3 rings (SSSR count). The Morgan fingerprint density at radius 2 is 2.25 bits per heavy atom. The largest absolute Gasteiger partial charge is 0.481 e. The van der Waals surface area contributed by atoms with Gasteiger partial charge in [0, 0.05) is 37.0 Å². The highest BCUT2D eigenvalue weighted by Crippen LogP contribution is 2.27. The van der Waals surface area contributed by atoms with E-state index >= 15 is 0 Å². The highest BCUT2D eigenvalue weighted by molar-refractivity contribution is 5.98. The molecule has 0 saturated carbocycles. The van der Waals surface area contributed by atoms with E-state index in [0.717, 1.165) is 5.69 Å². The lowest BCUT2D eigenvalue weighted by Crippen LogP contribution is -2.33. The third-order valence-electron chi connectivity index (χ3n) is 4.70. The van der Waals surface area contributed by atoms with Crippen LogP contribution in [0, 0.1) is 0 Å². The van der Waals surface area contributed by atoms with Crippen LogP contribution in [-0.2, 0) is 24.3 Å². The van der Waals surface area contributed by atoms with Gasteiger partial charge in [-0.1, -0.05) is 13.0 Å². The molecule has 1 aliphatic rings. The molecular formula is C20H24N4O4. The number of aliphatic hydroxyl groups is 1. The van der Waals surface area contributed by atoms with Crippen LogP contribution in [0.5, 0.6) is 5.88 Å². The number of ether oxygens (including phenoxy) is 1. The normalized spacial score (nSPS) is 14.0. The lowest BCUT2D eigenvalue weighted by atomic mass is 10.1. The number of pyridine rings is 2. The van der Waals surface area contributed by atoms with Crippen molar-refractivity contribution >= 4 is 11.8 Å². The molecule has 2 N–H and O–H groups in total. The summed E-state index contributed by atoms with van der Waals surface area (Å²) >= 11 is 0. The van der Waals surface area contributed by atoms with Gasteiger partial charge in [0.25, 0.3) is 5.91 Å². The van der Waals surface area contributed by atoms with Crippen molar-refractivity contribution in [2.75, 3.05) is 13.7 Å². The SMILES string of the molecule is CC[C@H](O)C(=O)NCc1cc2c(nc1OC)CN(CCc1ccccn1)C2=O. The van der Waals surface area contributed by atoms with E-state index in [4.69, 9.17) is 4.74 Å². The Labute approximate surface area is 163 Å². The highest BCUT2D eigenvalue weighted by Gasteiger charge is 2.30. The summed E-state index contributed by atoms with van der Waals surface area (Å²) in [6.07, 6.45) is 1.67. The fraction of sp³-hybridized carbons (Fsp3) is 0.400. The van der Waals surface area contributed by atoms with Crippen LogP contribution in [0.4, 0.5) is 0 Å². The van der Waals surface area contributed by atoms with Crippen LogP contribution < -0.4 is 10.1 Å². The minimum absolute atomic E-state index is 0.0951. The molecule has 1 atom stereocenters. The summed E-state index contributed by atoms with van der Waals surface area (Å²) in [5, 5.41) is 12.2. The first-order valence-electron chi connectivity index (χ1n) is 9.25. The summed E-state index contributed by atoms with van der Waals surface area (Å²) in [6.45, 7) is 2.81. The lowest BCUT2D eigenvalue weighted by Gasteiger charge is -2.14. The fourth-order valence-electron chi connectivity index (χ4n) is 3.07. The van der Waals surface area contributed by atoms with E-state index < -0.39 is 12.0 Å². The van der Waals surface area contributed by atoms with Crippen molar-refractivity contribution in [2.45, 2.75) is 39.0 Å². The van der Waals surface area contributed by atoms with E-state index in [1.165, 1.54) is 7.11 Å². The first-order chi connectivity index (χ1) is 13.5. The van der Waals surface area contributed by atoms with Gasteiger partial charge in [0.15, 0.2) is 0 Å². The van der Waals surface area contributed by atoms with Gasteiger partial charge in [-0.3, -0.25) is 14.6 Å². The van der Waals surface area contributed by atoms with Gasteiger partial charge in [-0.05, 0) is 24.6 Å². The number of fused-ring (bicyclic) bond motifs is 1. The molecular weight excluding hydrogens is 360 g/mol. The van der Waals surface area contributed by atoms with Crippen LogP contribution in [-0.4, -0.2) is 51.5 Å². The van der Waals surface area contributed by atoms with Crippen LogP contribution in [0.2, 0.25) is 0 Å². The Kier molecular flexibility index (Phi) is 6.20. The van der Waals surface area contributed by atoms with Gasteiger partial charge < -0.3 is 20.1 Å². The van der Waals surface area contributed by atoms with Gasteiger partial charge in [0.2, 0.25) is 11.8 Å². The summed E-state index contributed by atoms with van der Waals surface area (Å²) < 4.78 is 5.32. The van der Waals surface area contributed by atoms with Gasteiger partial charge in [-0.15, -0.1) is 0 Å². The van der Waals surface area contributed by atoms with Crippen LogP contribution in [0.1, 0.15) is 40.7 Å². The molecule has 3 heterocycles. The molecule has 148 valence electrons. The fourth-order valence-corrected chi connectivity index (χ4v) is 3.07. The molecule has 28 heavy (non-hydrogen) atoms. The number of methoxy groups -OCH3 is 1. The van der Waals surface area contributed by atoms with Crippen molar-refractivity contribution in [3.8, 4) is 5.88 Å². The summed E-state index contributed by atoms with van der Waals surface area (Å²) in [5.74, 6) is -0.194. The third kappa shape index (κ3) is 4.28. The van der Waals surface area contributed by atoms with E-state index in [-0.39, 0.29) is 12.5 Å². The third-order valence-corrected chi connectivity index (χ3v) is 4.70. The lowest BCUT2D eigenvalue weighted by molar-refractivity contribution is -0.129. The second-order valence-electron chi connectivity index (χ2n) is 6.59. The first-order valence-corrected chi connectivity index (χ1v) is 9.25. The standard InChI is InChI=1S/C20H24N4O4/c1-3-17(25)18(26)22-11-13-10-15-16(23-19(13)28-2)12-24(20(15)27)9-7-14-6-4-5-8-21-14/h4-6,8,10,17,25H,3,7,9,11-12H2,1-2H3,(H,22,26)/t17-/m0/s1.